The lowest BCUT2D eigenvalue weighted by molar-refractivity contribution is 0.0551. The van der Waals surface area contributed by atoms with Crippen molar-refractivity contribution in [2.24, 2.45) is 5.92 Å². The van der Waals surface area contributed by atoms with E-state index in [1.165, 1.54) is 31.0 Å². The Hall–Kier alpha value is 0.270. The van der Waals surface area contributed by atoms with Gasteiger partial charge in [-0.25, -0.2) is 0 Å². The molecule has 17 heavy (non-hydrogen) atoms. The largest absolute Gasteiger partial charge is 0.311 e. The maximum Gasteiger partial charge on any atom is 0.0278 e. The van der Waals surface area contributed by atoms with Crippen molar-refractivity contribution in [1.29, 1.82) is 0 Å². The number of rotatable bonds is 6. The smallest absolute Gasteiger partial charge is 0.0278 e. The summed E-state index contributed by atoms with van der Waals surface area (Å²) in [6.07, 6.45) is 1.33. The van der Waals surface area contributed by atoms with Gasteiger partial charge in [-0.15, -0.1) is 0 Å². The summed E-state index contributed by atoms with van der Waals surface area (Å²) in [7, 11) is 0. The van der Waals surface area contributed by atoms with Crippen LogP contribution in [0, 0.1) is 5.92 Å². The molecule has 0 aromatic rings. The fraction of sp³-hybridized carbons (Fsp3) is 1.00. The highest BCUT2D eigenvalue weighted by atomic mass is 32.2. The predicted octanol–water partition coefficient (Wildman–Crippen LogP) is 2.84. The van der Waals surface area contributed by atoms with Gasteiger partial charge in [0.15, 0.2) is 0 Å². The van der Waals surface area contributed by atoms with E-state index in [9.17, 15) is 0 Å². The second-order valence-corrected chi connectivity index (χ2v) is 7.43. The van der Waals surface area contributed by atoms with Crippen molar-refractivity contribution in [2.75, 3.05) is 31.1 Å². The lowest BCUT2D eigenvalue weighted by Crippen LogP contribution is -2.63. The van der Waals surface area contributed by atoms with Gasteiger partial charge in [-0.1, -0.05) is 20.8 Å². The average molecular weight is 258 g/mol. The van der Waals surface area contributed by atoms with Crippen LogP contribution in [-0.2, 0) is 0 Å². The molecule has 0 bridgehead atoms. The van der Waals surface area contributed by atoms with Crippen molar-refractivity contribution in [2.45, 2.75) is 52.6 Å². The molecular formula is C14H30N2S. The van der Waals surface area contributed by atoms with Crippen molar-refractivity contribution in [3.8, 4) is 0 Å². The van der Waals surface area contributed by atoms with E-state index in [-0.39, 0.29) is 0 Å². The van der Waals surface area contributed by atoms with Gasteiger partial charge in [-0.2, -0.15) is 11.8 Å². The summed E-state index contributed by atoms with van der Waals surface area (Å²) < 4.78 is 0. The Labute approximate surface area is 112 Å². The van der Waals surface area contributed by atoms with Gasteiger partial charge in [0.05, 0.1) is 0 Å². The normalized spacial score (nSPS) is 25.4. The first-order chi connectivity index (χ1) is 7.97. The van der Waals surface area contributed by atoms with Crippen molar-refractivity contribution in [3.63, 3.8) is 0 Å². The molecule has 2 nitrogen and oxygen atoms in total. The van der Waals surface area contributed by atoms with Crippen LogP contribution in [-0.4, -0.2) is 47.6 Å². The van der Waals surface area contributed by atoms with Gasteiger partial charge < -0.3 is 5.32 Å². The van der Waals surface area contributed by atoms with Crippen LogP contribution in [0.1, 0.15) is 41.0 Å². The SMILES string of the molecule is CCSCCCN1CC(C(C)C)NCC1(C)C. The third kappa shape index (κ3) is 4.80. The second-order valence-electron chi connectivity index (χ2n) is 6.04. The molecule has 102 valence electrons. The molecule has 0 spiro atoms. The zero-order chi connectivity index (χ0) is 12.9. The number of hydrogen-bond acceptors (Lipinski definition) is 3. The van der Waals surface area contributed by atoms with Crippen LogP contribution in [0.5, 0.6) is 0 Å². The number of nitrogens with zero attached hydrogens (tertiary/aromatic N) is 1. The van der Waals surface area contributed by atoms with E-state index < -0.39 is 0 Å². The van der Waals surface area contributed by atoms with Crippen molar-refractivity contribution < 1.29 is 0 Å². The number of piperazine rings is 1. The molecule has 0 aromatic heterocycles. The maximum atomic E-state index is 3.69. The molecule has 1 aliphatic rings. The van der Waals surface area contributed by atoms with Crippen LogP contribution in [0.3, 0.4) is 0 Å². The topological polar surface area (TPSA) is 15.3 Å². The van der Waals surface area contributed by atoms with Crippen LogP contribution in [0.4, 0.5) is 0 Å². The lowest BCUT2D eigenvalue weighted by Gasteiger charge is -2.47. The van der Waals surface area contributed by atoms with Crippen LogP contribution >= 0.6 is 11.8 Å². The molecule has 0 amide bonds. The zero-order valence-corrected chi connectivity index (χ0v) is 13.1. The van der Waals surface area contributed by atoms with E-state index >= 15 is 0 Å². The molecule has 0 aromatic carbocycles. The highest BCUT2D eigenvalue weighted by Crippen LogP contribution is 2.21. The summed E-state index contributed by atoms with van der Waals surface area (Å²) >= 11 is 2.06. The average Bonchev–Trinajstić information content (AvgIpc) is 2.25. The molecular weight excluding hydrogens is 228 g/mol. The summed E-state index contributed by atoms with van der Waals surface area (Å²) in [5.41, 5.74) is 0.322. The van der Waals surface area contributed by atoms with E-state index in [1.54, 1.807) is 0 Å². The predicted molar refractivity (Wildman–Crippen MR) is 79.9 cm³/mol. The monoisotopic (exact) mass is 258 g/mol. The van der Waals surface area contributed by atoms with E-state index in [0.29, 0.717) is 11.6 Å². The van der Waals surface area contributed by atoms with Crippen LogP contribution in [0.25, 0.3) is 0 Å². The Morgan fingerprint density at radius 3 is 2.71 bits per heavy atom. The second kappa shape index (κ2) is 7.01. The molecule has 1 heterocycles. The van der Waals surface area contributed by atoms with Crippen LogP contribution in [0.2, 0.25) is 0 Å². The standard InChI is InChI=1S/C14H30N2S/c1-6-17-9-7-8-16-10-13(12(2)3)15-11-14(16,4)5/h12-13,15H,6-11H2,1-5H3. The Bertz CT molecular complexity index is 216. The summed E-state index contributed by atoms with van der Waals surface area (Å²) in [5.74, 6) is 3.29. The Morgan fingerprint density at radius 1 is 1.41 bits per heavy atom. The Balaban J connectivity index is 2.41. The van der Waals surface area contributed by atoms with Crippen LogP contribution in [0.15, 0.2) is 0 Å². The lowest BCUT2D eigenvalue weighted by atomic mass is 9.93. The van der Waals surface area contributed by atoms with E-state index in [1.807, 2.05) is 0 Å². The number of hydrogen-bond donors (Lipinski definition) is 1. The minimum absolute atomic E-state index is 0.322. The first-order valence-corrected chi connectivity index (χ1v) is 8.19. The third-order valence-electron chi connectivity index (χ3n) is 3.80. The Morgan fingerprint density at radius 2 is 2.12 bits per heavy atom. The molecule has 0 aliphatic carbocycles. The van der Waals surface area contributed by atoms with E-state index in [2.05, 4.69) is 56.6 Å². The van der Waals surface area contributed by atoms with Gasteiger partial charge >= 0.3 is 0 Å². The highest BCUT2D eigenvalue weighted by Gasteiger charge is 2.34. The summed E-state index contributed by atoms with van der Waals surface area (Å²) in [4.78, 5) is 2.68. The van der Waals surface area contributed by atoms with Crippen LogP contribution < -0.4 is 5.32 Å². The summed E-state index contributed by atoms with van der Waals surface area (Å²) in [5, 5.41) is 3.69. The van der Waals surface area contributed by atoms with Gasteiger partial charge in [-0.05, 0) is 44.2 Å². The highest BCUT2D eigenvalue weighted by molar-refractivity contribution is 7.99. The fourth-order valence-electron chi connectivity index (χ4n) is 2.38. The fourth-order valence-corrected chi connectivity index (χ4v) is 3.01. The van der Waals surface area contributed by atoms with E-state index in [4.69, 9.17) is 0 Å². The molecule has 0 saturated carbocycles. The first-order valence-electron chi connectivity index (χ1n) is 7.03. The number of nitrogens with one attached hydrogen (secondary N) is 1. The first kappa shape index (κ1) is 15.3. The molecule has 1 saturated heterocycles. The minimum Gasteiger partial charge on any atom is -0.311 e. The molecule has 1 rings (SSSR count). The van der Waals surface area contributed by atoms with Gasteiger partial charge in [0.1, 0.15) is 0 Å². The Kier molecular flexibility index (Phi) is 6.32. The maximum absolute atomic E-state index is 3.69. The third-order valence-corrected chi connectivity index (χ3v) is 4.78. The quantitative estimate of drug-likeness (QED) is 0.738. The van der Waals surface area contributed by atoms with Crippen molar-refractivity contribution in [1.82, 2.24) is 10.2 Å². The van der Waals surface area contributed by atoms with E-state index in [0.717, 1.165) is 12.5 Å². The van der Waals surface area contributed by atoms with Crippen molar-refractivity contribution >= 4 is 11.8 Å². The molecule has 1 N–H and O–H groups in total. The number of thioether (sulfide) groups is 1. The zero-order valence-electron chi connectivity index (χ0n) is 12.3. The molecule has 1 atom stereocenters. The minimum atomic E-state index is 0.322. The molecule has 3 heteroatoms. The summed E-state index contributed by atoms with van der Waals surface area (Å²) in [6, 6.07) is 0.668. The van der Waals surface area contributed by atoms with Gasteiger partial charge in [0, 0.05) is 24.7 Å². The van der Waals surface area contributed by atoms with Gasteiger partial charge in [0.25, 0.3) is 0 Å². The molecule has 1 fully saturated rings. The molecule has 1 unspecified atom stereocenters. The molecule has 1 aliphatic heterocycles. The summed E-state index contributed by atoms with van der Waals surface area (Å²) in [6.45, 7) is 15.2. The molecule has 0 radical (unpaired) electrons. The van der Waals surface area contributed by atoms with Gasteiger partial charge in [-0.3, -0.25) is 4.90 Å². The van der Waals surface area contributed by atoms with Gasteiger partial charge in [0.2, 0.25) is 0 Å². The van der Waals surface area contributed by atoms with Crippen molar-refractivity contribution in [3.05, 3.63) is 0 Å².